The molecule has 7 nitrogen and oxygen atoms in total. The zero-order chi connectivity index (χ0) is 28.1. The zero-order valence-corrected chi connectivity index (χ0v) is 22.7. The van der Waals surface area contributed by atoms with Gasteiger partial charge in [-0.3, -0.25) is 13.9 Å². The molecule has 0 bridgehead atoms. The molecular formula is C26H31ClF3N3O4S. The van der Waals surface area contributed by atoms with Crippen LogP contribution in [0.3, 0.4) is 0 Å². The number of nitrogens with zero attached hydrogens (tertiary/aromatic N) is 2. The molecule has 208 valence electrons. The maximum absolute atomic E-state index is 13.5. The van der Waals surface area contributed by atoms with Crippen molar-refractivity contribution in [3.05, 3.63) is 64.7 Å². The van der Waals surface area contributed by atoms with Gasteiger partial charge in [0.25, 0.3) is 0 Å². The largest absolute Gasteiger partial charge is 0.417 e. The number of amides is 2. The number of hydrogen-bond donors (Lipinski definition) is 1. The van der Waals surface area contributed by atoms with Crippen LogP contribution in [0.2, 0.25) is 5.02 Å². The Morgan fingerprint density at radius 2 is 1.74 bits per heavy atom. The highest BCUT2D eigenvalue weighted by molar-refractivity contribution is 7.92. The van der Waals surface area contributed by atoms with Gasteiger partial charge in [-0.2, -0.15) is 13.2 Å². The van der Waals surface area contributed by atoms with E-state index in [2.05, 4.69) is 5.32 Å². The Morgan fingerprint density at radius 1 is 1.11 bits per heavy atom. The number of rotatable bonds is 10. The quantitative estimate of drug-likeness (QED) is 0.448. The highest BCUT2D eigenvalue weighted by Gasteiger charge is 2.35. The summed E-state index contributed by atoms with van der Waals surface area (Å²) in [5.74, 6) is -1.08. The first-order chi connectivity index (χ1) is 17.8. The van der Waals surface area contributed by atoms with Gasteiger partial charge in [-0.25, -0.2) is 8.42 Å². The fourth-order valence-electron chi connectivity index (χ4n) is 4.46. The number of nitrogens with one attached hydrogen (secondary N) is 1. The number of carbonyl (C=O) groups is 2. The van der Waals surface area contributed by atoms with Gasteiger partial charge in [0, 0.05) is 12.6 Å². The normalized spacial score (nSPS) is 15.2. The van der Waals surface area contributed by atoms with Crippen molar-refractivity contribution in [2.75, 3.05) is 23.7 Å². The van der Waals surface area contributed by atoms with Crippen LogP contribution in [0.1, 0.15) is 43.7 Å². The van der Waals surface area contributed by atoms with Gasteiger partial charge >= 0.3 is 6.18 Å². The van der Waals surface area contributed by atoms with E-state index in [9.17, 15) is 31.2 Å². The number of sulfonamides is 1. The highest BCUT2D eigenvalue weighted by Crippen LogP contribution is 2.37. The molecule has 2 aromatic carbocycles. The van der Waals surface area contributed by atoms with E-state index in [1.165, 1.54) is 4.90 Å². The summed E-state index contributed by atoms with van der Waals surface area (Å²) in [6.07, 6.45) is 0.0561. The minimum Gasteiger partial charge on any atom is -0.352 e. The van der Waals surface area contributed by atoms with E-state index in [4.69, 9.17) is 11.6 Å². The number of anilines is 1. The summed E-state index contributed by atoms with van der Waals surface area (Å²) in [5, 5.41) is 2.36. The van der Waals surface area contributed by atoms with E-state index in [0.717, 1.165) is 49.6 Å². The molecule has 0 aliphatic heterocycles. The van der Waals surface area contributed by atoms with E-state index >= 15 is 0 Å². The lowest BCUT2D eigenvalue weighted by molar-refractivity contribution is -0.139. The predicted octanol–water partition coefficient (Wildman–Crippen LogP) is 4.64. The van der Waals surface area contributed by atoms with Crippen molar-refractivity contribution in [1.82, 2.24) is 10.2 Å². The summed E-state index contributed by atoms with van der Waals surface area (Å²) >= 11 is 5.69. The van der Waals surface area contributed by atoms with Crippen molar-refractivity contribution in [3.63, 3.8) is 0 Å². The molecular weight excluding hydrogens is 543 g/mol. The average Bonchev–Trinajstić information content (AvgIpc) is 3.35. The molecule has 38 heavy (non-hydrogen) atoms. The lowest BCUT2D eigenvalue weighted by atomic mass is 10.1. The molecule has 12 heteroatoms. The van der Waals surface area contributed by atoms with Gasteiger partial charge in [-0.05, 0) is 49.9 Å². The summed E-state index contributed by atoms with van der Waals surface area (Å²) in [5.41, 5.74) is -0.673. The molecule has 2 aromatic rings. The van der Waals surface area contributed by atoms with Gasteiger partial charge in [0.15, 0.2) is 0 Å². The number of halogens is 4. The SMILES string of the molecule is C[C@@H](C(=O)NC1CCCC1)N(CCc1ccccc1)C(=O)CN(c1ccc(Cl)c(C(F)(F)F)c1)S(C)(=O)=O. The van der Waals surface area contributed by atoms with E-state index < -0.39 is 45.3 Å². The predicted molar refractivity (Wildman–Crippen MR) is 140 cm³/mol. The molecule has 0 saturated heterocycles. The van der Waals surface area contributed by atoms with Crippen LogP contribution in [0.5, 0.6) is 0 Å². The van der Waals surface area contributed by atoms with Crippen LogP contribution in [0.25, 0.3) is 0 Å². The van der Waals surface area contributed by atoms with Crippen molar-refractivity contribution < 1.29 is 31.2 Å². The Balaban J connectivity index is 1.89. The van der Waals surface area contributed by atoms with Crippen molar-refractivity contribution in [2.24, 2.45) is 0 Å². The highest BCUT2D eigenvalue weighted by atomic mass is 35.5. The van der Waals surface area contributed by atoms with Gasteiger partial charge in [0.1, 0.15) is 12.6 Å². The van der Waals surface area contributed by atoms with Crippen LogP contribution in [0.15, 0.2) is 48.5 Å². The van der Waals surface area contributed by atoms with Crippen molar-refractivity contribution >= 4 is 39.1 Å². The Hall–Kier alpha value is -2.79. The fraction of sp³-hybridized carbons (Fsp3) is 0.462. The van der Waals surface area contributed by atoms with Gasteiger partial charge in [0.05, 0.1) is 22.5 Å². The fourth-order valence-corrected chi connectivity index (χ4v) is 5.53. The second-order valence-corrected chi connectivity index (χ2v) is 11.7. The van der Waals surface area contributed by atoms with Crippen molar-refractivity contribution in [1.29, 1.82) is 0 Å². The van der Waals surface area contributed by atoms with Crippen LogP contribution >= 0.6 is 11.6 Å². The summed E-state index contributed by atoms with van der Waals surface area (Å²) in [6.45, 7) is 0.879. The molecule has 1 atom stereocenters. The van der Waals surface area contributed by atoms with Crippen LogP contribution in [-0.4, -0.2) is 56.6 Å². The lowest BCUT2D eigenvalue weighted by Gasteiger charge is -2.32. The van der Waals surface area contributed by atoms with Gasteiger partial charge in [-0.15, -0.1) is 0 Å². The first kappa shape index (κ1) is 29.8. The van der Waals surface area contributed by atoms with Gasteiger partial charge in [-0.1, -0.05) is 54.8 Å². The Labute approximate surface area is 226 Å². The van der Waals surface area contributed by atoms with E-state index in [-0.39, 0.29) is 24.2 Å². The monoisotopic (exact) mass is 573 g/mol. The molecule has 0 heterocycles. The number of hydrogen-bond acceptors (Lipinski definition) is 4. The third-order valence-corrected chi connectivity index (χ3v) is 8.05. The van der Waals surface area contributed by atoms with E-state index in [1.54, 1.807) is 6.92 Å². The molecule has 1 aliphatic rings. The first-order valence-corrected chi connectivity index (χ1v) is 14.5. The average molecular weight is 574 g/mol. The Morgan fingerprint density at radius 3 is 2.32 bits per heavy atom. The molecule has 3 rings (SSSR count). The molecule has 0 aromatic heterocycles. The van der Waals surface area contributed by atoms with Gasteiger partial charge in [0.2, 0.25) is 21.8 Å². The first-order valence-electron chi connectivity index (χ1n) is 12.3. The van der Waals surface area contributed by atoms with Crippen molar-refractivity contribution in [3.8, 4) is 0 Å². The van der Waals surface area contributed by atoms with Crippen LogP contribution in [0.4, 0.5) is 18.9 Å². The minimum absolute atomic E-state index is 0.0124. The summed E-state index contributed by atoms with van der Waals surface area (Å²) in [6, 6.07) is 11.0. The zero-order valence-electron chi connectivity index (χ0n) is 21.2. The molecule has 1 fully saturated rings. The lowest BCUT2D eigenvalue weighted by Crippen LogP contribution is -2.53. The van der Waals surface area contributed by atoms with Crippen LogP contribution < -0.4 is 9.62 Å². The smallest absolute Gasteiger partial charge is 0.352 e. The maximum atomic E-state index is 13.5. The number of alkyl halides is 3. The van der Waals surface area contributed by atoms with Crippen LogP contribution in [-0.2, 0) is 32.2 Å². The standard InChI is InChI=1S/C26H31ClF3N3O4S/c1-18(25(35)31-20-10-6-7-11-20)32(15-14-19-8-4-3-5-9-19)24(34)17-33(38(2,36)37)21-12-13-23(27)22(16-21)26(28,29)30/h3-5,8-9,12-13,16,18,20H,6-7,10-11,14-15,17H2,1-2H3,(H,31,35)/t18-/m0/s1. The third-order valence-electron chi connectivity index (χ3n) is 6.58. The Kier molecular flexibility index (Phi) is 9.69. The second kappa shape index (κ2) is 12.4. The summed E-state index contributed by atoms with van der Waals surface area (Å²) < 4.78 is 66.1. The van der Waals surface area contributed by atoms with Gasteiger partial charge < -0.3 is 10.2 Å². The molecule has 0 radical (unpaired) electrons. The minimum atomic E-state index is -4.82. The van der Waals surface area contributed by atoms with Crippen LogP contribution in [0, 0.1) is 0 Å². The molecule has 1 aliphatic carbocycles. The topological polar surface area (TPSA) is 86.8 Å². The summed E-state index contributed by atoms with van der Waals surface area (Å²) in [4.78, 5) is 27.8. The Bertz CT molecular complexity index is 1240. The van der Waals surface area contributed by atoms with E-state index in [1.807, 2.05) is 30.3 Å². The van der Waals surface area contributed by atoms with Crippen molar-refractivity contribution in [2.45, 2.75) is 57.3 Å². The molecule has 0 unspecified atom stereocenters. The summed E-state index contributed by atoms with van der Waals surface area (Å²) in [7, 11) is -4.18. The molecule has 0 spiro atoms. The number of carbonyl (C=O) groups excluding carboxylic acids is 2. The second-order valence-electron chi connectivity index (χ2n) is 9.42. The van der Waals surface area contributed by atoms with E-state index in [0.29, 0.717) is 16.8 Å². The maximum Gasteiger partial charge on any atom is 0.417 e. The molecule has 1 saturated carbocycles. The number of benzene rings is 2. The molecule has 2 amide bonds. The molecule has 1 N–H and O–H groups in total. The third kappa shape index (κ3) is 7.86.